The Bertz CT molecular complexity index is 1010. The zero-order chi connectivity index (χ0) is 18.3. The van der Waals surface area contributed by atoms with Gasteiger partial charge in [0.15, 0.2) is 0 Å². The molecule has 1 aliphatic heterocycles. The summed E-state index contributed by atoms with van der Waals surface area (Å²) in [7, 11) is 1.85. The van der Waals surface area contributed by atoms with Crippen LogP contribution < -0.4 is 5.32 Å². The molecule has 3 heterocycles. The lowest BCUT2D eigenvalue weighted by Crippen LogP contribution is -2.42. The number of rotatable bonds is 3. The monoisotopic (exact) mass is 346 g/mol. The number of furan rings is 1. The molecule has 0 saturated heterocycles. The Morgan fingerprint density at radius 2 is 2.08 bits per heavy atom. The van der Waals surface area contributed by atoms with E-state index < -0.39 is 0 Å². The minimum absolute atomic E-state index is 0.0671. The van der Waals surface area contributed by atoms with Gasteiger partial charge in [-0.25, -0.2) is 0 Å². The highest BCUT2D eigenvalue weighted by Crippen LogP contribution is 2.36. The van der Waals surface area contributed by atoms with E-state index in [1.165, 1.54) is 0 Å². The SMILES string of the molecule is Cc1c([C@H]2Nc3ccccc3C(=O)N2Cc2ccco2)cc(C#N)n1C. The molecule has 130 valence electrons. The third-order valence-corrected chi connectivity index (χ3v) is 4.91. The Hall–Kier alpha value is -3.46. The van der Waals surface area contributed by atoms with Crippen molar-refractivity contribution in [3.05, 3.63) is 77.0 Å². The molecule has 6 heteroatoms. The van der Waals surface area contributed by atoms with E-state index in [0.29, 0.717) is 23.6 Å². The molecule has 1 atom stereocenters. The number of para-hydroxylation sites is 1. The second kappa shape index (κ2) is 6.12. The molecule has 0 aliphatic carbocycles. The number of hydrogen-bond donors (Lipinski definition) is 1. The molecule has 0 saturated carbocycles. The van der Waals surface area contributed by atoms with Crippen molar-refractivity contribution in [1.82, 2.24) is 9.47 Å². The van der Waals surface area contributed by atoms with Gasteiger partial charge in [0.25, 0.3) is 5.91 Å². The number of aromatic nitrogens is 1. The number of hydrogen-bond acceptors (Lipinski definition) is 4. The number of benzene rings is 1. The van der Waals surface area contributed by atoms with Crippen molar-refractivity contribution in [2.45, 2.75) is 19.6 Å². The van der Waals surface area contributed by atoms with Crippen LogP contribution in [0, 0.1) is 18.3 Å². The Morgan fingerprint density at radius 3 is 2.77 bits per heavy atom. The molecule has 4 rings (SSSR count). The predicted octanol–water partition coefficient (Wildman–Crippen LogP) is 3.56. The zero-order valence-electron chi connectivity index (χ0n) is 14.6. The van der Waals surface area contributed by atoms with E-state index in [0.717, 1.165) is 16.9 Å². The second-order valence-electron chi connectivity index (χ2n) is 6.35. The number of amides is 1. The van der Waals surface area contributed by atoms with Gasteiger partial charge in [-0.15, -0.1) is 0 Å². The molecule has 0 unspecified atom stereocenters. The summed E-state index contributed by atoms with van der Waals surface area (Å²) >= 11 is 0. The first-order chi connectivity index (χ1) is 12.6. The van der Waals surface area contributed by atoms with Gasteiger partial charge in [-0.05, 0) is 37.3 Å². The molecule has 0 bridgehead atoms. The third kappa shape index (κ3) is 2.45. The summed E-state index contributed by atoms with van der Waals surface area (Å²) in [5, 5.41) is 12.8. The van der Waals surface area contributed by atoms with E-state index in [2.05, 4.69) is 11.4 Å². The van der Waals surface area contributed by atoms with E-state index in [9.17, 15) is 10.1 Å². The van der Waals surface area contributed by atoms with Gasteiger partial charge in [-0.2, -0.15) is 5.26 Å². The Balaban J connectivity index is 1.82. The molecule has 0 fully saturated rings. The highest BCUT2D eigenvalue weighted by Gasteiger charge is 2.35. The zero-order valence-corrected chi connectivity index (χ0v) is 14.6. The summed E-state index contributed by atoms with van der Waals surface area (Å²) in [4.78, 5) is 14.9. The van der Waals surface area contributed by atoms with Crippen molar-refractivity contribution in [2.24, 2.45) is 7.05 Å². The van der Waals surface area contributed by atoms with Crippen LogP contribution in [-0.4, -0.2) is 15.4 Å². The molecule has 6 nitrogen and oxygen atoms in total. The number of anilines is 1. The van der Waals surface area contributed by atoms with Crippen molar-refractivity contribution in [1.29, 1.82) is 5.26 Å². The predicted molar refractivity (Wildman–Crippen MR) is 96.3 cm³/mol. The summed E-state index contributed by atoms with van der Waals surface area (Å²) < 4.78 is 7.30. The van der Waals surface area contributed by atoms with Crippen molar-refractivity contribution in [3.8, 4) is 6.07 Å². The van der Waals surface area contributed by atoms with Gasteiger partial charge in [0.2, 0.25) is 0 Å². The fourth-order valence-electron chi connectivity index (χ4n) is 3.38. The first-order valence-electron chi connectivity index (χ1n) is 8.35. The highest BCUT2D eigenvalue weighted by molar-refractivity contribution is 6.01. The minimum atomic E-state index is -0.379. The topological polar surface area (TPSA) is 74.2 Å². The van der Waals surface area contributed by atoms with Crippen LogP contribution >= 0.6 is 0 Å². The lowest BCUT2D eigenvalue weighted by Gasteiger charge is -2.37. The molecule has 26 heavy (non-hydrogen) atoms. The number of carbonyl (C=O) groups is 1. The number of carbonyl (C=O) groups excluding carboxylic acids is 1. The van der Waals surface area contributed by atoms with Crippen LogP contribution in [0.1, 0.15) is 39.2 Å². The average Bonchev–Trinajstić information content (AvgIpc) is 3.26. The molecule has 0 radical (unpaired) electrons. The van der Waals surface area contributed by atoms with Crippen LogP contribution in [-0.2, 0) is 13.6 Å². The molecular weight excluding hydrogens is 328 g/mol. The largest absolute Gasteiger partial charge is 0.467 e. The van der Waals surface area contributed by atoms with E-state index in [1.807, 2.05) is 61.0 Å². The Morgan fingerprint density at radius 1 is 1.27 bits per heavy atom. The van der Waals surface area contributed by atoms with Crippen molar-refractivity contribution < 1.29 is 9.21 Å². The van der Waals surface area contributed by atoms with Gasteiger partial charge in [0.05, 0.1) is 18.4 Å². The fraction of sp³-hybridized carbons (Fsp3) is 0.200. The summed E-state index contributed by atoms with van der Waals surface area (Å²) in [6.07, 6.45) is 1.22. The smallest absolute Gasteiger partial charge is 0.258 e. The summed E-state index contributed by atoms with van der Waals surface area (Å²) in [5.41, 5.74) is 3.82. The van der Waals surface area contributed by atoms with Crippen molar-refractivity contribution in [2.75, 3.05) is 5.32 Å². The van der Waals surface area contributed by atoms with Crippen LogP contribution in [0.25, 0.3) is 0 Å². The maximum atomic E-state index is 13.2. The van der Waals surface area contributed by atoms with E-state index in [4.69, 9.17) is 4.42 Å². The summed E-state index contributed by atoms with van der Waals surface area (Å²) in [6.45, 7) is 2.29. The van der Waals surface area contributed by atoms with E-state index in [1.54, 1.807) is 11.2 Å². The molecule has 1 aromatic carbocycles. The van der Waals surface area contributed by atoms with Crippen LogP contribution in [0.4, 0.5) is 5.69 Å². The number of nitriles is 1. The highest BCUT2D eigenvalue weighted by atomic mass is 16.3. The normalized spacial score (nSPS) is 16.1. The molecule has 1 aliphatic rings. The van der Waals surface area contributed by atoms with Gasteiger partial charge in [-0.3, -0.25) is 4.79 Å². The molecule has 1 N–H and O–H groups in total. The van der Waals surface area contributed by atoms with E-state index in [-0.39, 0.29) is 12.1 Å². The van der Waals surface area contributed by atoms with Gasteiger partial charge < -0.3 is 19.2 Å². The minimum Gasteiger partial charge on any atom is -0.467 e. The van der Waals surface area contributed by atoms with Crippen LogP contribution in [0.2, 0.25) is 0 Å². The second-order valence-corrected chi connectivity index (χ2v) is 6.35. The lowest BCUT2D eigenvalue weighted by molar-refractivity contribution is 0.0651. The number of nitrogens with one attached hydrogen (secondary N) is 1. The van der Waals surface area contributed by atoms with Crippen molar-refractivity contribution >= 4 is 11.6 Å². The summed E-state index contributed by atoms with van der Waals surface area (Å²) in [6, 6.07) is 15.2. The third-order valence-electron chi connectivity index (χ3n) is 4.91. The Kier molecular flexibility index (Phi) is 3.77. The van der Waals surface area contributed by atoms with Crippen LogP contribution in [0.5, 0.6) is 0 Å². The number of fused-ring (bicyclic) bond motifs is 1. The van der Waals surface area contributed by atoms with E-state index >= 15 is 0 Å². The molecule has 3 aromatic rings. The number of nitrogens with zero attached hydrogens (tertiary/aromatic N) is 3. The molecular formula is C20H18N4O2. The lowest BCUT2D eigenvalue weighted by atomic mass is 10.0. The molecule has 1 amide bonds. The molecule has 2 aromatic heterocycles. The van der Waals surface area contributed by atoms with Gasteiger partial charge >= 0.3 is 0 Å². The Labute approximate surface area is 151 Å². The average molecular weight is 346 g/mol. The first-order valence-corrected chi connectivity index (χ1v) is 8.35. The van der Waals surface area contributed by atoms with Gasteiger partial charge in [0, 0.05) is 24.0 Å². The first kappa shape index (κ1) is 16.0. The van der Waals surface area contributed by atoms with Gasteiger partial charge in [0.1, 0.15) is 23.7 Å². The van der Waals surface area contributed by atoms with Crippen LogP contribution in [0.15, 0.2) is 53.1 Å². The van der Waals surface area contributed by atoms with Crippen molar-refractivity contribution in [3.63, 3.8) is 0 Å². The van der Waals surface area contributed by atoms with Gasteiger partial charge in [-0.1, -0.05) is 12.1 Å². The van der Waals surface area contributed by atoms with Crippen LogP contribution in [0.3, 0.4) is 0 Å². The quantitative estimate of drug-likeness (QED) is 0.787. The maximum Gasteiger partial charge on any atom is 0.258 e. The maximum absolute atomic E-state index is 13.2. The molecule has 0 spiro atoms. The standard InChI is InChI=1S/C20H18N4O2/c1-13-17(10-14(11-21)23(13)2)19-22-18-8-4-3-7-16(18)20(25)24(19)12-15-6-5-9-26-15/h3-10,19,22H,12H2,1-2H3/t19-/m0/s1. The summed E-state index contributed by atoms with van der Waals surface area (Å²) in [5.74, 6) is 0.640. The fourth-order valence-corrected chi connectivity index (χ4v) is 3.38.